The summed E-state index contributed by atoms with van der Waals surface area (Å²) in [6.07, 6.45) is 1.93. The third kappa shape index (κ3) is 15.8. The molecule has 1 N–H and O–H groups in total. The molecule has 128 valence electrons. The normalized spacial score (nSPS) is 11.4. The molecule has 0 aliphatic rings. The summed E-state index contributed by atoms with van der Waals surface area (Å²) in [5.41, 5.74) is 0.0417. The van der Waals surface area contributed by atoms with Crippen LogP contribution in [-0.2, 0) is 20.5 Å². The average molecular weight is 394 g/mol. The lowest BCUT2D eigenvalue weighted by atomic mass is 10.2. The highest BCUT2D eigenvalue weighted by Gasteiger charge is 2.04. The molecule has 0 radical (unpaired) electrons. The molecule has 0 spiro atoms. The van der Waals surface area contributed by atoms with E-state index in [2.05, 4.69) is 34.5 Å². The van der Waals surface area contributed by atoms with Crippen molar-refractivity contribution < 1.29 is 13.7 Å². The van der Waals surface area contributed by atoms with Crippen LogP contribution in [0.25, 0.3) is 0 Å². The van der Waals surface area contributed by atoms with Gasteiger partial charge in [-0.2, -0.15) is 0 Å². The minimum absolute atomic E-state index is 0.0417. The van der Waals surface area contributed by atoms with Gasteiger partial charge in [0.1, 0.15) is 17.3 Å². The fourth-order valence-electron chi connectivity index (χ4n) is 0.751. The number of rotatable bonds is 4. The highest BCUT2D eigenvalue weighted by atomic mass is 79.9. The molecule has 1 unspecified atom stereocenters. The minimum atomic E-state index is -1.29. The molecule has 1 rings (SSSR count). The quantitative estimate of drug-likeness (QED) is 0.782. The summed E-state index contributed by atoms with van der Waals surface area (Å²) in [7, 11) is 0.415. The van der Waals surface area contributed by atoms with Crippen LogP contribution >= 0.6 is 15.9 Å². The Balaban J connectivity index is 0. The second-order valence-electron chi connectivity index (χ2n) is 5.26. The number of nitrogens with one attached hydrogen (secondary N) is 1. The standard InChI is InChI=1S/C8H8BrNO2S.C5H12O.C3H8/c9-7-1-3-8(4-2-7)13(12)10-5-6-11;1-5(2,3)6-4;1-3-2/h1-4,6,10H,5H2;1-4H3;3H2,1-2H3. The molecule has 0 amide bonds. The molecular weight excluding hydrogens is 366 g/mol. The molecule has 0 saturated heterocycles. The Morgan fingerprint density at radius 3 is 1.95 bits per heavy atom. The van der Waals surface area contributed by atoms with Gasteiger partial charge in [-0.15, -0.1) is 0 Å². The molecular formula is C16H28BrNO3S. The van der Waals surface area contributed by atoms with Crippen LogP contribution in [0.2, 0.25) is 0 Å². The zero-order valence-corrected chi connectivity index (χ0v) is 16.7. The number of ether oxygens (including phenoxy) is 1. The molecule has 0 bridgehead atoms. The largest absolute Gasteiger partial charge is 0.379 e. The molecule has 1 atom stereocenters. The lowest BCUT2D eigenvalue weighted by molar-refractivity contribution is -0.106. The number of carbonyl (C=O) groups excluding carboxylic acids is 1. The van der Waals surface area contributed by atoms with E-state index in [0.29, 0.717) is 11.2 Å². The second kappa shape index (κ2) is 14.1. The van der Waals surface area contributed by atoms with Crippen LogP contribution < -0.4 is 4.72 Å². The van der Waals surface area contributed by atoms with Crippen LogP contribution in [-0.4, -0.2) is 29.8 Å². The van der Waals surface area contributed by atoms with Gasteiger partial charge in [-0.25, -0.2) is 8.93 Å². The van der Waals surface area contributed by atoms with Gasteiger partial charge in [-0.1, -0.05) is 36.2 Å². The van der Waals surface area contributed by atoms with Crippen LogP contribution in [0.5, 0.6) is 0 Å². The molecule has 0 saturated carbocycles. The van der Waals surface area contributed by atoms with Crippen LogP contribution in [0.4, 0.5) is 0 Å². The maximum atomic E-state index is 11.3. The van der Waals surface area contributed by atoms with Crippen molar-refractivity contribution in [1.82, 2.24) is 4.72 Å². The summed E-state index contributed by atoms with van der Waals surface area (Å²) in [5, 5.41) is 0. The number of hydrogen-bond donors (Lipinski definition) is 1. The van der Waals surface area contributed by atoms with E-state index in [1.165, 1.54) is 6.42 Å². The van der Waals surface area contributed by atoms with Gasteiger partial charge in [0.2, 0.25) is 0 Å². The number of halogens is 1. The lowest BCUT2D eigenvalue weighted by Gasteiger charge is -2.14. The van der Waals surface area contributed by atoms with E-state index < -0.39 is 11.0 Å². The maximum Gasteiger partial charge on any atom is 0.134 e. The van der Waals surface area contributed by atoms with Crippen LogP contribution in [0.15, 0.2) is 33.6 Å². The van der Waals surface area contributed by atoms with Crippen molar-refractivity contribution >= 4 is 33.2 Å². The van der Waals surface area contributed by atoms with Crippen molar-refractivity contribution in [3.63, 3.8) is 0 Å². The zero-order chi connectivity index (χ0) is 17.6. The topological polar surface area (TPSA) is 55.4 Å². The Bertz CT molecular complexity index is 416. The van der Waals surface area contributed by atoms with Gasteiger partial charge < -0.3 is 9.53 Å². The van der Waals surface area contributed by atoms with Crippen molar-refractivity contribution in [1.29, 1.82) is 0 Å². The summed E-state index contributed by atoms with van der Waals surface area (Å²) in [5.74, 6) is 0. The number of methoxy groups -OCH3 is 1. The van der Waals surface area contributed by atoms with E-state index in [-0.39, 0.29) is 12.1 Å². The Morgan fingerprint density at radius 2 is 1.64 bits per heavy atom. The van der Waals surface area contributed by atoms with E-state index in [1.807, 2.05) is 20.8 Å². The molecule has 1 aromatic carbocycles. The number of benzene rings is 1. The minimum Gasteiger partial charge on any atom is -0.379 e. The molecule has 0 aromatic heterocycles. The van der Waals surface area contributed by atoms with Crippen LogP contribution in [0.3, 0.4) is 0 Å². The van der Waals surface area contributed by atoms with Gasteiger partial charge >= 0.3 is 0 Å². The number of aldehydes is 1. The first-order chi connectivity index (χ1) is 10.2. The van der Waals surface area contributed by atoms with E-state index in [9.17, 15) is 9.00 Å². The Labute approximate surface area is 145 Å². The lowest BCUT2D eigenvalue weighted by Crippen LogP contribution is -2.19. The predicted molar refractivity (Wildman–Crippen MR) is 97.3 cm³/mol. The van der Waals surface area contributed by atoms with Gasteiger partial charge in [0.15, 0.2) is 0 Å². The third-order valence-corrected chi connectivity index (χ3v) is 3.60. The molecule has 6 heteroatoms. The van der Waals surface area contributed by atoms with Crippen molar-refractivity contribution in [2.24, 2.45) is 0 Å². The first kappa shape index (κ1) is 23.7. The van der Waals surface area contributed by atoms with Crippen molar-refractivity contribution in [2.45, 2.75) is 51.5 Å². The summed E-state index contributed by atoms with van der Waals surface area (Å²) in [6.45, 7) is 10.4. The Hall–Kier alpha value is -0.560. The summed E-state index contributed by atoms with van der Waals surface area (Å²) < 4.78 is 19.8. The summed E-state index contributed by atoms with van der Waals surface area (Å²) >= 11 is 3.27. The molecule has 0 fully saturated rings. The summed E-state index contributed by atoms with van der Waals surface area (Å²) in [6, 6.07) is 7.07. The first-order valence-electron chi connectivity index (χ1n) is 7.11. The SMILES string of the molecule is CCC.COC(C)(C)C.O=CCNS(=O)c1ccc(Br)cc1. The number of hydrogen-bond acceptors (Lipinski definition) is 3. The molecule has 4 nitrogen and oxygen atoms in total. The second-order valence-corrected chi connectivity index (χ2v) is 7.47. The Morgan fingerprint density at radius 1 is 1.23 bits per heavy atom. The van der Waals surface area contributed by atoms with Gasteiger partial charge in [0.25, 0.3) is 0 Å². The highest BCUT2D eigenvalue weighted by molar-refractivity contribution is 9.10. The highest BCUT2D eigenvalue weighted by Crippen LogP contribution is 2.12. The third-order valence-electron chi connectivity index (χ3n) is 1.94. The fourth-order valence-corrected chi connectivity index (χ4v) is 1.78. The molecule has 1 aromatic rings. The van der Waals surface area contributed by atoms with Crippen molar-refractivity contribution in [2.75, 3.05) is 13.7 Å². The van der Waals surface area contributed by atoms with E-state index >= 15 is 0 Å². The van der Waals surface area contributed by atoms with Crippen molar-refractivity contribution in [3.05, 3.63) is 28.7 Å². The average Bonchev–Trinajstić information content (AvgIpc) is 2.46. The smallest absolute Gasteiger partial charge is 0.134 e. The molecule has 22 heavy (non-hydrogen) atoms. The van der Waals surface area contributed by atoms with E-state index in [1.54, 1.807) is 31.4 Å². The predicted octanol–water partition coefficient (Wildman–Crippen LogP) is 4.11. The monoisotopic (exact) mass is 393 g/mol. The molecule has 0 aliphatic carbocycles. The van der Waals surface area contributed by atoms with E-state index in [4.69, 9.17) is 4.74 Å². The van der Waals surface area contributed by atoms with Gasteiger partial charge in [0, 0.05) is 11.6 Å². The van der Waals surface area contributed by atoms with Gasteiger partial charge in [-0.05, 0) is 45.0 Å². The molecule has 0 heterocycles. The van der Waals surface area contributed by atoms with Crippen molar-refractivity contribution in [3.8, 4) is 0 Å². The van der Waals surface area contributed by atoms with E-state index in [0.717, 1.165) is 4.47 Å². The first-order valence-corrected chi connectivity index (χ1v) is 9.05. The maximum absolute atomic E-state index is 11.3. The van der Waals surface area contributed by atoms with Gasteiger partial charge in [0.05, 0.1) is 17.0 Å². The zero-order valence-electron chi connectivity index (χ0n) is 14.3. The molecule has 0 aliphatic heterocycles. The fraction of sp³-hybridized carbons (Fsp3) is 0.562. The van der Waals surface area contributed by atoms with Gasteiger partial charge in [-0.3, -0.25) is 0 Å². The van der Waals surface area contributed by atoms with Crippen LogP contribution in [0.1, 0.15) is 41.0 Å². The Kier molecular flexibility index (Phi) is 15.1. The number of carbonyl (C=O) groups is 1. The summed E-state index contributed by atoms with van der Waals surface area (Å²) in [4.78, 5) is 10.6. The van der Waals surface area contributed by atoms with Crippen LogP contribution in [0, 0.1) is 0 Å².